The molecular formula is C19H26N4O3S. The number of morpholine rings is 1. The van der Waals surface area contributed by atoms with E-state index in [0.717, 1.165) is 62.3 Å². The van der Waals surface area contributed by atoms with Crippen molar-refractivity contribution in [2.75, 3.05) is 58.4 Å². The first-order valence-electron chi connectivity index (χ1n) is 9.15. The van der Waals surface area contributed by atoms with Crippen LogP contribution in [0.15, 0.2) is 29.6 Å². The third-order valence-corrected chi connectivity index (χ3v) is 5.20. The van der Waals surface area contributed by atoms with Gasteiger partial charge in [0.2, 0.25) is 0 Å². The Hall–Kier alpha value is -2.16. The Bertz CT molecular complexity index is 714. The van der Waals surface area contributed by atoms with Crippen molar-refractivity contribution < 1.29 is 14.3 Å². The Kier molecular flexibility index (Phi) is 7.44. The maximum absolute atomic E-state index is 12.2. The maximum atomic E-state index is 12.2. The molecule has 2 aromatic rings. The number of aromatic nitrogens is 1. The van der Waals surface area contributed by atoms with Crippen molar-refractivity contribution in [3.05, 3.63) is 40.9 Å². The lowest BCUT2D eigenvalue weighted by Crippen LogP contribution is -2.39. The molecule has 2 N–H and O–H groups in total. The van der Waals surface area contributed by atoms with Gasteiger partial charge in [0.05, 0.1) is 20.3 Å². The Morgan fingerprint density at radius 1 is 1.26 bits per heavy atom. The standard InChI is InChI=1S/C19H26N4O3S/c1-25-16-4-2-15(3-5-16)6-7-20-18(24)17-14-27-19(22-17)21-8-9-23-10-12-26-13-11-23/h2-5,14H,6-13H2,1H3,(H,20,24)(H,21,22). The van der Waals surface area contributed by atoms with E-state index in [0.29, 0.717) is 12.2 Å². The molecule has 0 radical (unpaired) electrons. The minimum Gasteiger partial charge on any atom is -0.497 e. The van der Waals surface area contributed by atoms with Gasteiger partial charge in [-0.2, -0.15) is 0 Å². The highest BCUT2D eigenvalue weighted by Gasteiger charge is 2.12. The Labute approximate surface area is 163 Å². The summed E-state index contributed by atoms with van der Waals surface area (Å²) in [5, 5.41) is 8.79. The summed E-state index contributed by atoms with van der Waals surface area (Å²) < 4.78 is 10.5. The van der Waals surface area contributed by atoms with Crippen LogP contribution in [0.1, 0.15) is 16.1 Å². The Morgan fingerprint density at radius 3 is 2.78 bits per heavy atom. The molecule has 1 aliphatic heterocycles. The molecule has 0 atom stereocenters. The molecule has 1 saturated heterocycles. The smallest absolute Gasteiger partial charge is 0.270 e. The van der Waals surface area contributed by atoms with Crippen molar-refractivity contribution in [3.8, 4) is 5.75 Å². The number of benzene rings is 1. The van der Waals surface area contributed by atoms with E-state index in [9.17, 15) is 4.79 Å². The van der Waals surface area contributed by atoms with Gasteiger partial charge in [0.25, 0.3) is 5.91 Å². The third-order valence-electron chi connectivity index (χ3n) is 4.40. The van der Waals surface area contributed by atoms with Gasteiger partial charge in [-0.05, 0) is 24.1 Å². The van der Waals surface area contributed by atoms with Crippen molar-refractivity contribution in [2.24, 2.45) is 0 Å². The molecule has 1 aromatic heterocycles. The number of carbonyl (C=O) groups excluding carboxylic acids is 1. The van der Waals surface area contributed by atoms with E-state index in [-0.39, 0.29) is 5.91 Å². The van der Waals surface area contributed by atoms with Crippen LogP contribution < -0.4 is 15.4 Å². The predicted molar refractivity (Wildman–Crippen MR) is 107 cm³/mol. The highest BCUT2D eigenvalue weighted by Crippen LogP contribution is 2.15. The molecule has 0 saturated carbocycles. The molecule has 2 heterocycles. The number of rotatable bonds is 9. The summed E-state index contributed by atoms with van der Waals surface area (Å²) in [5.74, 6) is 0.694. The van der Waals surface area contributed by atoms with Gasteiger partial charge in [0, 0.05) is 38.1 Å². The molecular weight excluding hydrogens is 364 g/mol. The molecule has 0 aliphatic carbocycles. The predicted octanol–water partition coefficient (Wildman–Crippen LogP) is 1.87. The number of ether oxygens (including phenoxy) is 2. The molecule has 8 heteroatoms. The van der Waals surface area contributed by atoms with Gasteiger partial charge >= 0.3 is 0 Å². The minimum absolute atomic E-state index is 0.138. The molecule has 0 bridgehead atoms. The Balaban J connectivity index is 1.37. The summed E-state index contributed by atoms with van der Waals surface area (Å²) in [4.78, 5) is 19.0. The first-order valence-corrected chi connectivity index (χ1v) is 10.0. The number of carbonyl (C=O) groups is 1. The number of anilines is 1. The Morgan fingerprint density at radius 2 is 2.04 bits per heavy atom. The number of nitrogens with zero attached hydrogens (tertiary/aromatic N) is 2. The van der Waals surface area contributed by atoms with Gasteiger partial charge in [0.15, 0.2) is 5.13 Å². The molecule has 3 rings (SSSR count). The zero-order valence-electron chi connectivity index (χ0n) is 15.6. The topological polar surface area (TPSA) is 75.7 Å². The monoisotopic (exact) mass is 390 g/mol. The zero-order chi connectivity index (χ0) is 18.9. The summed E-state index contributed by atoms with van der Waals surface area (Å²) in [5.41, 5.74) is 1.61. The van der Waals surface area contributed by atoms with Gasteiger partial charge < -0.3 is 20.1 Å². The minimum atomic E-state index is -0.138. The summed E-state index contributed by atoms with van der Waals surface area (Å²) in [6.45, 7) is 5.89. The second-order valence-electron chi connectivity index (χ2n) is 6.27. The third kappa shape index (κ3) is 6.20. The van der Waals surface area contributed by atoms with Crippen molar-refractivity contribution in [1.29, 1.82) is 0 Å². The number of hydrogen-bond donors (Lipinski definition) is 2. The lowest BCUT2D eigenvalue weighted by molar-refractivity contribution is 0.0398. The quantitative estimate of drug-likeness (QED) is 0.681. The first-order chi connectivity index (χ1) is 13.2. The van der Waals surface area contributed by atoms with E-state index in [1.54, 1.807) is 12.5 Å². The van der Waals surface area contributed by atoms with Crippen LogP contribution in [0.2, 0.25) is 0 Å². The first kappa shape index (κ1) is 19.6. The second kappa shape index (κ2) is 10.2. The lowest BCUT2D eigenvalue weighted by atomic mass is 10.1. The average molecular weight is 391 g/mol. The van der Waals surface area contributed by atoms with Gasteiger partial charge in [0.1, 0.15) is 11.4 Å². The van der Waals surface area contributed by atoms with Crippen LogP contribution in [-0.4, -0.2) is 68.8 Å². The molecule has 1 aromatic carbocycles. The van der Waals surface area contributed by atoms with E-state index in [1.807, 2.05) is 24.3 Å². The highest BCUT2D eigenvalue weighted by atomic mass is 32.1. The fourth-order valence-electron chi connectivity index (χ4n) is 2.81. The van der Waals surface area contributed by atoms with Crippen LogP contribution in [0.3, 0.4) is 0 Å². The van der Waals surface area contributed by atoms with E-state index >= 15 is 0 Å². The SMILES string of the molecule is COc1ccc(CCNC(=O)c2csc(NCCN3CCOCC3)n2)cc1. The summed E-state index contributed by atoms with van der Waals surface area (Å²) >= 11 is 1.46. The van der Waals surface area contributed by atoms with Gasteiger partial charge in [-0.1, -0.05) is 12.1 Å². The number of amides is 1. The number of nitrogens with one attached hydrogen (secondary N) is 2. The molecule has 0 unspecified atom stereocenters. The maximum Gasteiger partial charge on any atom is 0.270 e. The molecule has 7 nitrogen and oxygen atoms in total. The van der Waals surface area contributed by atoms with Crippen molar-refractivity contribution >= 4 is 22.4 Å². The van der Waals surface area contributed by atoms with Crippen LogP contribution in [0, 0.1) is 0 Å². The average Bonchev–Trinajstić information content (AvgIpc) is 3.18. The molecule has 1 amide bonds. The van der Waals surface area contributed by atoms with Crippen molar-refractivity contribution in [2.45, 2.75) is 6.42 Å². The van der Waals surface area contributed by atoms with Gasteiger partial charge in [-0.15, -0.1) is 11.3 Å². The fourth-order valence-corrected chi connectivity index (χ4v) is 3.53. The normalized spacial score (nSPS) is 14.7. The lowest BCUT2D eigenvalue weighted by Gasteiger charge is -2.26. The molecule has 1 fully saturated rings. The highest BCUT2D eigenvalue weighted by molar-refractivity contribution is 7.13. The number of methoxy groups -OCH3 is 1. The molecule has 27 heavy (non-hydrogen) atoms. The number of thiazole rings is 1. The summed E-state index contributed by atoms with van der Waals surface area (Å²) in [6.07, 6.45) is 0.768. The van der Waals surface area contributed by atoms with E-state index in [1.165, 1.54) is 11.3 Å². The van der Waals surface area contributed by atoms with Gasteiger partial charge in [-0.25, -0.2) is 4.98 Å². The van der Waals surface area contributed by atoms with E-state index < -0.39 is 0 Å². The van der Waals surface area contributed by atoms with Crippen molar-refractivity contribution in [1.82, 2.24) is 15.2 Å². The summed E-state index contributed by atoms with van der Waals surface area (Å²) in [6, 6.07) is 7.85. The van der Waals surface area contributed by atoms with Crippen LogP contribution in [0.4, 0.5) is 5.13 Å². The van der Waals surface area contributed by atoms with Crippen LogP contribution in [0.25, 0.3) is 0 Å². The molecule has 146 valence electrons. The van der Waals surface area contributed by atoms with Crippen LogP contribution in [0.5, 0.6) is 5.75 Å². The van der Waals surface area contributed by atoms with E-state index in [4.69, 9.17) is 9.47 Å². The molecule has 1 aliphatic rings. The van der Waals surface area contributed by atoms with Crippen LogP contribution >= 0.6 is 11.3 Å². The fraction of sp³-hybridized carbons (Fsp3) is 0.474. The zero-order valence-corrected chi connectivity index (χ0v) is 16.4. The largest absolute Gasteiger partial charge is 0.497 e. The van der Waals surface area contributed by atoms with E-state index in [2.05, 4.69) is 20.5 Å². The number of hydrogen-bond acceptors (Lipinski definition) is 7. The molecule has 0 spiro atoms. The second-order valence-corrected chi connectivity index (χ2v) is 7.13. The van der Waals surface area contributed by atoms with Gasteiger partial charge in [-0.3, -0.25) is 9.69 Å². The summed E-state index contributed by atoms with van der Waals surface area (Å²) in [7, 11) is 1.65. The van der Waals surface area contributed by atoms with Crippen molar-refractivity contribution in [3.63, 3.8) is 0 Å². The van der Waals surface area contributed by atoms with Crippen LogP contribution in [-0.2, 0) is 11.2 Å².